The lowest BCUT2D eigenvalue weighted by molar-refractivity contribution is -0.133. The Morgan fingerprint density at radius 1 is 0.862 bits per heavy atom. The molecule has 4 rings (SSSR count). The van der Waals surface area contributed by atoms with Crippen LogP contribution in [-0.4, -0.2) is 29.9 Å². The number of carbonyl (C=O) groups is 1. The van der Waals surface area contributed by atoms with Crippen LogP contribution in [0.1, 0.15) is 11.1 Å². The first-order valence-electron chi connectivity index (χ1n) is 9.19. The Morgan fingerprint density at radius 3 is 2.10 bits per heavy atom. The largest absolute Gasteiger partial charge is 0.289 e. The second-order valence-corrected chi connectivity index (χ2v) is 8.80. The summed E-state index contributed by atoms with van der Waals surface area (Å²) in [6.07, 6.45) is 0.198. The predicted octanol–water partition coefficient (Wildman–Crippen LogP) is 2.97. The van der Waals surface area contributed by atoms with Gasteiger partial charge in [0.2, 0.25) is 10.0 Å². The molecule has 2 N–H and O–H groups in total. The van der Waals surface area contributed by atoms with Gasteiger partial charge in [-0.2, -0.15) is 4.31 Å². The lowest BCUT2D eigenvalue weighted by Gasteiger charge is -2.34. The van der Waals surface area contributed by atoms with Crippen LogP contribution < -0.4 is 5.48 Å². The van der Waals surface area contributed by atoms with Gasteiger partial charge in [0, 0.05) is 6.54 Å². The Morgan fingerprint density at radius 2 is 1.45 bits per heavy atom. The van der Waals surface area contributed by atoms with Gasteiger partial charge in [-0.05, 0) is 40.8 Å². The molecule has 0 aliphatic carbocycles. The fourth-order valence-corrected chi connectivity index (χ4v) is 5.20. The third-order valence-electron chi connectivity index (χ3n) is 5.19. The first-order chi connectivity index (χ1) is 14.0. The second-order valence-electron chi connectivity index (χ2n) is 6.91. The van der Waals surface area contributed by atoms with E-state index in [9.17, 15) is 13.2 Å². The van der Waals surface area contributed by atoms with E-state index in [1.165, 1.54) is 0 Å². The fourth-order valence-electron chi connectivity index (χ4n) is 3.63. The summed E-state index contributed by atoms with van der Waals surface area (Å²) in [5.74, 6) is -0.746. The Bertz CT molecular complexity index is 1130. The summed E-state index contributed by atoms with van der Waals surface area (Å²) < 4.78 is 27.8. The molecule has 0 spiro atoms. The Kier molecular flexibility index (Phi) is 5.19. The topological polar surface area (TPSA) is 86.7 Å². The van der Waals surface area contributed by atoms with E-state index in [1.54, 1.807) is 29.7 Å². The number of fused-ring (bicyclic) bond motifs is 1. The molecule has 1 aliphatic heterocycles. The number of carbonyl (C=O) groups excluding carboxylic acids is 1. The number of rotatable bonds is 4. The van der Waals surface area contributed by atoms with Crippen molar-refractivity contribution in [2.45, 2.75) is 23.9 Å². The highest BCUT2D eigenvalue weighted by Gasteiger charge is 2.39. The van der Waals surface area contributed by atoms with E-state index in [-0.39, 0.29) is 17.9 Å². The normalized spacial score (nSPS) is 16.8. The summed E-state index contributed by atoms with van der Waals surface area (Å²) in [6, 6.07) is 22.6. The molecule has 0 fully saturated rings. The van der Waals surface area contributed by atoms with Crippen molar-refractivity contribution in [1.82, 2.24) is 9.79 Å². The van der Waals surface area contributed by atoms with E-state index in [1.807, 2.05) is 54.6 Å². The van der Waals surface area contributed by atoms with Crippen LogP contribution >= 0.6 is 0 Å². The van der Waals surface area contributed by atoms with Crippen molar-refractivity contribution in [2.24, 2.45) is 0 Å². The summed E-state index contributed by atoms with van der Waals surface area (Å²) >= 11 is 0. The van der Waals surface area contributed by atoms with Gasteiger partial charge in [-0.1, -0.05) is 66.7 Å². The Hall–Kier alpha value is -3.00. The van der Waals surface area contributed by atoms with Gasteiger partial charge in [0.15, 0.2) is 0 Å². The van der Waals surface area contributed by atoms with Gasteiger partial charge in [-0.25, -0.2) is 13.9 Å². The molecule has 1 atom stereocenters. The first kappa shape index (κ1) is 19.3. The molecule has 29 heavy (non-hydrogen) atoms. The van der Waals surface area contributed by atoms with Crippen molar-refractivity contribution >= 4 is 15.9 Å². The number of hydrogen-bond acceptors (Lipinski definition) is 4. The van der Waals surface area contributed by atoms with Crippen molar-refractivity contribution < 1.29 is 18.4 Å². The van der Waals surface area contributed by atoms with Gasteiger partial charge in [-0.15, -0.1) is 0 Å². The zero-order valence-corrected chi connectivity index (χ0v) is 16.3. The van der Waals surface area contributed by atoms with Crippen LogP contribution in [0.5, 0.6) is 0 Å². The average molecular weight is 408 g/mol. The molecule has 1 heterocycles. The smallest absolute Gasteiger partial charge is 0.262 e. The molecule has 0 bridgehead atoms. The third kappa shape index (κ3) is 3.67. The Balaban J connectivity index is 1.70. The molecular weight excluding hydrogens is 388 g/mol. The maximum Gasteiger partial charge on any atom is 0.262 e. The number of benzene rings is 3. The van der Waals surface area contributed by atoms with Gasteiger partial charge in [0.25, 0.3) is 5.91 Å². The van der Waals surface area contributed by atoms with Crippen LogP contribution in [0.3, 0.4) is 0 Å². The highest BCUT2D eigenvalue weighted by atomic mass is 32.2. The fraction of sp³-hybridized carbons (Fsp3) is 0.136. The molecule has 3 aromatic rings. The molecule has 7 heteroatoms. The van der Waals surface area contributed by atoms with Gasteiger partial charge in [-0.3, -0.25) is 10.0 Å². The van der Waals surface area contributed by atoms with E-state index >= 15 is 0 Å². The monoisotopic (exact) mass is 408 g/mol. The average Bonchev–Trinajstić information content (AvgIpc) is 2.78. The van der Waals surface area contributed by atoms with E-state index in [4.69, 9.17) is 5.21 Å². The quantitative estimate of drug-likeness (QED) is 0.513. The highest BCUT2D eigenvalue weighted by Crippen LogP contribution is 2.30. The highest BCUT2D eigenvalue weighted by molar-refractivity contribution is 7.89. The summed E-state index contributed by atoms with van der Waals surface area (Å²) in [4.78, 5) is 12.3. The second kappa shape index (κ2) is 7.79. The molecule has 6 nitrogen and oxygen atoms in total. The molecule has 1 aliphatic rings. The minimum absolute atomic E-state index is 0.0665. The van der Waals surface area contributed by atoms with Gasteiger partial charge >= 0.3 is 0 Å². The minimum Gasteiger partial charge on any atom is -0.289 e. The van der Waals surface area contributed by atoms with Crippen LogP contribution in [-0.2, 0) is 27.8 Å². The molecule has 0 saturated carbocycles. The molecule has 0 aromatic heterocycles. The predicted molar refractivity (Wildman–Crippen MR) is 108 cm³/mol. The van der Waals surface area contributed by atoms with Gasteiger partial charge in [0.1, 0.15) is 6.04 Å². The van der Waals surface area contributed by atoms with Crippen LogP contribution in [0, 0.1) is 0 Å². The van der Waals surface area contributed by atoms with Gasteiger partial charge < -0.3 is 0 Å². The number of amides is 1. The lowest BCUT2D eigenvalue weighted by atomic mass is 9.95. The van der Waals surface area contributed by atoms with Crippen LogP contribution in [0.2, 0.25) is 0 Å². The third-order valence-corrected chi connectivity index (χ3v) is 7.06. The maximum absolute atomic E-state index is 13.3. The van der Waals surface area contributed by atoms with Crippen molar-refractivity contribution in [3.63, 3.8) is 0 Å². The number of nitrogens with zero attached hydrogens (tertiary/aromatic N) is 1. The van der Waals surface area contributed by atoms with Crippen molar-refractivity contribution in [2.75, 3.05) is 0 Å². The SMILES string of the molecule is O=C(NO)C1Cc2ccccc2CN1S(=O)(=O)c1ccc(-c2ccccc2)cc1. The zero-order chi connectivity index (χ0) is 20.4. The number of sulfonamides is 1. The van der Waals surface area contributed by atoms with Crippen molar-refractivity contribution in [1.29, 1.82) is 0 Å². The maximum atomic E-state index is 13.3. The van der Waals surface area contributed by atoms with E-state index in [0.717, 1.165) is 26.6 Å². The lowest BCUT2D eigenvalue weighted by Crippen LogP contribution is -2.51. The minimum atomic E-state index is -3.95. The van der Waals surface area contributed by atoms with Crippen LogP contribution in [0.15, 0.2) is 83.8 Å². The first-order valence-corrected chi connectivity index (χ1v) is 10.6. The molecule has 0 saturated heterocycles. The summed E-state index contributed by atoms with van der Waals surface area (Å²) in [5.41, 5.74) is 5.23. The zero-order valence-electron chi connectivity index (χ0n) is 15.5. The molecular formula is C22H20N2O4S. The van der Waals surface area contributed by atoms with E-state index in [0.29, 0.717) is 0 Å². The Labute approximate surface area is 169 Å². The van der Waals surface area contributed by atoms with Crippen LogP contribution in [0.4, 0.5) is 0 Å². The molecule has 1 amide bonds. The molecule has 3 aromatic carbocycles. The number of hydrogen-bond donors (Lipinski definition) is 2. The van der Waals surface area contributed by atoms with Crippen LogP contribution in [0.25, 0.3) is 11.1 Å². The number of hydroxylamine groups is 1. The van der Waals surface area contributed by atoms with E-state index < -0.39 is 22.0 Å². The molecule has 148 valence electrons. The summed E-state index contributed by atoms with van der Waals surface area (Å²) in [7, 11) is -3.95. The van der Waals surface area contributed by atoms with Crippen molar-refractivity contribution in [3.05, 3.63) is 90.0 Å². The number of nitrogens with one attached hydrogen (secondary N) is 1. The van der Waals surface area contributed by atoms with E-state index in [2.05, 4.69) is 0 Å². The summed E-state index contributed by atoms with van der Waals surface area (Å²) in [6.45, 7) is 0.0665. The standard InChI is InChI=1S/C22H20N2O4S/c25-22(23-26)21-14-18-8-4-5-9-19(18)15-24(21)29(27,28)20-12-10-17(11-13-20)16-6-2-1-3-7-16/h1-13,21,26H,14-15H2,(H,23,25). The van der Waals surface area contributed by atoms with Crippen molar-refractivity contribution in [3.8, 4) is 11.1 Å². The van der Waals surface area contributed by atoms with Gasteiger partial charge in [0.05, 0.1) is 4.90 Å². The molecule has 0 radical (unpaired) electrons. The summed E-state index contributed by atoms with van der Waals surface area (Å²) in [5, 5.41) is 9.13. The molecule has 1 unspecified atom stereocenters.